The van der Waals surface area contributed by atoms with E-state index in [1.807, 2.05) is 13.1 Å². The number of hydrogen-bond donors (Lipinski definition) is 1. The summed E-state index contributed by atoms with van der Waals surface area (Å²) in [4.78, 5) is 0. The highest BCUT2D eigenvalue weighted by molar-refractivity contribution is 5.35. The van der Waals surface area contributed by atoms with E-state index in [-0.39, 0.29) is 0 Å². The summed E-state index contributed by atoms with van der Waals surface area (Å²) in [6, 6.07) is 11.2. The normalized spacial score (nSPS) is 20.1. The molecule has 0 aromatic heterocycles. The highest BCUT2D eigenvalue weighted by Gasteiger charge is 2.48. The number of rotatable bonds is 4. The Balaban J connectivity index is 2.29. The molecule has 14 heavy (non-hydrogen) atoms. The van der Waals surface area contributed by atoms with Gasteiger partial charge in [-0.05, 0) is 25.5 Å². The SMILES string of the molecule is C=CC(NC)C1(c2ccccc2)CC1. The first-order valence-electron chi connectivity index (χ1n) is 5.19. The van der Waals surface area contributed by atoms with Gasteiger partial charge in [-0.2, -0.15) is 0 Å². The quantitative estimate of drug-likeness (QED) is 0.714. The van der Waals surface area contributed by atoms with Gasteiger partial charge in [-0.3, -0.25) is 0 Å². The minimum absolute atomic E-state index is 0.331. The van der Waals surface area contributed by atoms with E-state index in [9.17, 15) is 0 Å². The minimum atomic E-state index is 0.331. The molecule has 0 saturated heterocycles. The molecule has 1 aromatic carbocycles. The van der Waals surface area contributed by atoms with Gasteiger partial charge in [0, 0.05) is 11.5 Å². The van der Waals surface area contributed by atoms with Crippen molar-refractivity contribution < 1.29 is 0 Å². The summed E-state index contributed by atoms with van der Waals surface area (Å²) in [5.41, 5.74) is 1.77. The Morgan fingerprint density at radius 2 is 2.00 bits per heavy atom. The van der Waals surface area contributed by atoms with Crippen LogP contribution in [0.25, 0.3) is 0 Å². The van der Waals surface area contributed by atoms with Crippen LogP contribution in [0.4, 0.5) is 0 Å². The van der Waals surface area contributed by atoms with Crippen LogP contribution >= 0.6 is 0 Å². The van der Waals surface area contributed by atoms with E-state index in [1.54, 1.807) is 0 Å². The Hall–Kier alpha value is -1.08. The number of nitrogens with one attached hydrogen (secondary N) is 1. The predicted octanol–water partition coefficient (Wildman–Crippen LogP) is 2.49. The molecule has 2 rings (SSSR count). The predicted molar refractivity (Wildman–Crippen MR) is 60.4 cm³/mol. The summed E-state index contributed by atoms with van der Waals surface area (Å²) in [5, 5.41) is 3.33. The summed E-state index contributed by atoms with van der Waals surface area (Å²) >= 11 is 0. The molecule has 1 heteroatoms. The van der Waals surface area contributed by atoms with Gasteiger partial charge in [0.1, 0.15) is 0 Å². The van der Waals surface area contributed by atoms with E-state index in [1.165, 1.54) is 18.4 Å². The maximum absolute atomic E-state index is 3.90. The second kappa shape index (κ2) is 3.58. The van der Waals surface area contributed by atoms with Crippen LogP contribution in [0.1, 0.15) is 18.4 Å². The molecule has 1 saturated carbocycles. The average molecular weight is 187 g/mol. The molecule has 1 aliphatic rings. The van der Waals surface area contributed by atoms with Crippen LogP contribution in [-0.2, 0) is 5.41 Å². The molecule has 0 aliphatic heterocycles. The fourth-order valence-corrected chi connectivity index (χ4v) is 2.30. The maximum Gasteiger partial charge on any atom is 0.0342 e. The fourth-order valence-electron chi connectivity index (χ4n) is 2.30. The molecular weight excluding hydrogens is 170 g/mol. The zero-order chi connectivity index (χ0) is 10.0. The van der Waals surface area contributed by atoms with Crippen molar-refractivity contribution in [2.24, 2.45) is 0 Å². The van der Waals surface area contributed by atoms with Crippen LogP contribution in [0.15, 0.2) is 43.0 Å². The minimum Gasteiger partial charge on any atom is -0.313 e. The smallest absolute Gasteiger partial charge is 0.0342 e. The van der Waals surface area contributed by atoms with Gasteiger partial charge in [0.25, 0.3) is 0 Å². The third kappa shape index (κ3) is 1.38. The van der Waals surface area contributed by atoms with Crippen molar-refractivity contribution in [1.82, 2.24) is 5.32 Å². The monoisotopic (exact) mass is 187 g/mol. The van der Waals surface area contributed by atoms with Crippen molar-refractivity contribution in [3.63, 3.8) is 0 Å². The van der Waals surface area contributed by atoms with Gasteiger partial charge in [-0.1, -0.05) is 36.4 Å². The molecule has 1 nitrogen and oxygen atoms in total. The van der Waals surface area contributed by atoms with Crippen LogP contribution in [0.3, 0.4) is 0 Å². The van der Waals surface area contributed by atoms with Gasteiger partial charge >= 0.3 is 0 Å². The van der Waals surface area contributed by atoms with E-state index in [0.717, 1.165) is 0 Å². The van der Waals surface area contributed by atoms with Crippen molar-refractivity contribution in [2.75, 3.05) is 7.05 Å². The second-order valence-corrected chi connectivity index (χ2v) is 4.02. The van der Waals surface area contributed by atoms with Gasteiger partial charge in [0.05, 0.1) is 0 Å². The van der Waals surface area contributed by atoms with Crippen molar-refractivity contribution in [3.8, 4) is 0 Å². The van der Waals surface area contributed by atoms with E-state index < -0.39 is 0 Å². The zero-order valence-electron chi connectivity index (χ0n) is 8.66. The van der Waals surface area contributed by atoms with E-state index in [4.69, 9.17) is 0 Å². The molecule has 1 aliphatic carbocycles. The van der Waals surface area contributed by atoms with Gasteiger partial charge < -0.3 is 5.32 Å². The summed E-state index contributed by atoms with van der Waals surface area (Å²) in [5.74, 6) is 0. The number of hydrogen-bond acceptors (Lipinski definition) is 1. The molecule has 1 aromatic rings. The molecule has 1 fully saturated rings. The summed E-state index contributed by atoms with van der Waals surface area (Å²) in [7, 11) is 2.01. The summed E-state index contributed by atoms with van der Waals surface area (Å²) in [6.45, 7) is 3.90. The standard InChI is InChI=1S/C13H17N/c1-3-12(14-2)13(9-10-13)11-7-5-4-6-8-11/h3-8,12,14H,1,9-10H2,2H3. The Morgan fingerprint density at radius 1 is 1.36 bits per heavy atom. The second-order valence-electron chi connectivity index (χ2n) is 4.02. The lowest BCUT2D eigenvalue weighted by Crippen LogP contribution is -2.35. The lowest BCUT2D eigenvalue weighted by Gasteiger charge is -2.24. The van der Waals surface area contributed by atoms with E-state index >= 15 is 0 Å². The molecule has 0 amide bonds. The molecule has 1 unspecified atom stereocenters. The summed E-state index contributed by atoms with van der Waals surface area (Å²) in [6.07, 6.45) is 4.57. The first kappa shape index (κ1) is 9.47. The highest BCUT2D eigenvalue weighted by Crippen LogP contribution is 2.51. The molecule has 0 bridgehead atoms. The fraction of sp³-hybridized carbons (Fsp3) is 0.385. The number of likely N-dealkylation sites (N-methyl/N-ethyl adjacent to an activating group) is 1. The third-order valence-electron chi connectivity index (χ3n) is 3.28. The molecule has 0 spiro atoms. The third-order valence-corrected chi connectivity index (χ3v) is 3.28. The maximum atomic E-state index is 3.90. The van der Waals surface area contributed by atoms with Crippen LogP contribution in [0, 0.1) is 0 Å². The van der Waals surface area contributed by atoms with E-state index in [0.29, 0.717) is 11.5 Å². The van der Waals surface area contributed by atoms with Crippen molar-refractivity contribution >= 4 is 0 Å². The lowest BCUT2D eigenvalue weighted by molar-refractivity contribution is 0.523. The van der Waals surface area contributed by atoms with Crippen LogP contribution < -0.4 is 5.32 Å². The molecule has 1 N–H and O–H groups in total. The Labute approximate surface area is 85.8 Å². The van der Waals surface area contributed by atoms with Gasteiger partial charge in [-0.15, -0.1) is 6.58 Å². The van der Waals surface area contributed by atoms with Gasteiger partial charge in [0.15, 0.2) is 0 Å². The molecule has 0 radical (unpaired) electrons. The Bertz CT molecular complexity index is 311. The first-order chi connectivity index (χ1) is 6.83. The Morgan fingerprint density at radius 3 is 2.43 bits per heavy atom. The number of benzene rings is 1. The van der Waals surface area contributed by atoms with Crippen molar-refractivity contribution in [2.45, 2.75) is 24.3 Å². The van der Waals surface area contributed by atoms with E-state index in [2.05, 4.69) is 42.2 Å². The van der Waals surface area contributed by atoms with Crippen LogP contribution in [-0.4, -0.2) is 13.1 Å². The van der Waals surface area contributed by atoms with Crippen LogP contribution in [0.5, 0.6) is 0 Å². The Kier molecular flexibility index (Phi) is 2.42. The topological polar surface area (TPSA) is 12.0 Å². The van der Waals surface area contributed by atoms with Gasteiger partial charge in [-0.25, -0.2) is 0 Å². The zero-order valence-corrected chi connectivity index (χ0v) is 8.66. The lowest BCUT2D eigenvalue weighted by atomic mass is 9.88. The average Bonchev–Trinajstić information content (AvgIpc) is 3.03. The van der Waals surface area contributed by atoms with Crippen molar-refractivity contribution in [3.05, 3.63) is 48.6 Å². The largest absolute Gasteiger partial charge is 0.313 e. The summed E-state index contributed by atoms with van der Waals surface area (Å²) < 4.78 is 0. The molecule has 1 atom stereocenters. The first-order valence-corrected chi connectivity index (χ1v) is 5.19. The molecule has 0 heterocycles. The molecular formula is C13H17N. The van der Waals surface area contributed by atoms with Gasteiger partial charge in [0.2, 0.25) is 0 Å². The molecule has 74 valence electrons. The van der Waals surface area contributed by atoms with Crippen LogP contribution in [0.2, 0.25) is 0 Å². The van der Waals surface area contributed by atoms with Crippen molar-refractivity contribution in [1.29, 1.82) is 0 Å². The highest BCUT2D eigenvalue weighted by atomic mass is 14.9.